The first-order chi connectivity index (χ1) is 9.63. The number of rotatable bonds is 5. The molecule has 4 nitrogen and oxygen atoms in total. The van der Waals surface area contributed by atoms with Crippen LogP contribution in [0.1, 0.15) is 30.1 Å². The summed E-state index contributed by atoms with van der Waals surface area (Å²) in [6, 6.07) is 7.03. The highest BCUT2D eigenvalue weighted by atomic mass is 35.5. The van der Waals surface area contributed by atoms with Crippen LogP contribution in [0.5, 0.6) is 0 Å². The van der Waals surface area contributed by atoms with E-state index in [2.05, 4.69) is 10.3 Å². The lowest BCUT2D eigenvalue weighted by atomic mass is 10.1. The molecule has 0 spiro atoms. The van der Waals surface area contributed by atoms with Crippen molar-refractivity contribution in [3.05, 3.63) is 41.0 Å². The Kier molecular flexibility index (Phi) is 4.93. The molecule has 0 fully saturated rings. The Labute approximate surface area is 122 Å². The van der Waals surface area contributed by atoms with Crippen LogP contribution in [0.3, 0.4) is 0 Å². The van der Waals surface area contributed by atoms with Crippen LogP contribution in [0.25, 0.3) is 10.9 Å². The molecule has 20 heavy (non-hydrogen) atoms. The molecule has 1 unspecified atom stereocenters. The summed E-state index contributed by atoms with van der Waals surface area (Å²) in [6.45, 7) is 2.05. The third-order valence-electron chi connectivity index (χ3n) is 3.13. The van der Waals surface area contributed by atoms with Gasteiger partial charge in [-0.05, 0) is 44.0 Å². The Bertz CT molecular complexity index is 616. The molecule has 0 saturated heterocycles. The van der Waals surface area contributed by atoms with E-state index in [1.807, 2.05) is 13.0 Å². The van der Waals surface area contributed by atoms with E-state index in [1.54, 1.807) is 24.4 Å². The third kappa shape index (κ3) is 3.26. The number of halogens is 1. The lowest BCUT2D eigenvalue weighted by Crippen LogP contribution is -2.32. The van der Waals surface area contributed by atoms with Crippen LogP contribution < -0.4 is 5.32 Å². The topological polar surface area (TPSA) is 62.2 Å². The van der Waals surface area contributed by atoms with Gasteiger partial charge >= 0.3 is 0 Å². The number of carbonyl (C=O) groups is 1. The number of nitrogens with one attached hydrogen (secondary N) is 1. The molecule has 0 aliphatic rings. The maximum atomic E-state index is 12.3. The number of amides is 1. The van der Waals surface area contributed by atoms with E-state index < -0.39 is 0 Å². The molecule has 2 rings (SSSR count). The molecule has 0 aliphatic heterocycles. The van der Waals surface area contributed by atoms with Gasteiger partial charge in [0.25, 0.3) is 5.91 Å². The minimum absolute atomic E-state index is 0.00379. The van der Waals surface area contributed by atoms with Gasteiger partial charge in [-0.2, -0.15) is 0 Å². The van der Waals surface area contributed by atoms with Crippen molar-refractivity contribution in [2.24, 2.45) is 0 Å². The van der Waals surface area contributed by atoms with Gasteiger partial charge in [-0.3, -0.25) is 9.78 Å². The molecule has 1 atom stereocenters. The van der Waals surface area contributed by atoms with Gasteiger partial charge < -0.3 is 10.4 Å². The Balaban J connectivity index is 2.24. The molecule has 0 bridgehead atoms. The van der Waals surface area contributed by atoms with Crippen LogP contribution in [0.15, 0.2) is 30.5 Å². The maximum Gasteiger partial charge on any atom is 0.253 e. The largest absolute Gasteiger partial charge is 0.396 e. The zero-order chi connectivity index (χ0) is 14.5. The normalized spacial score (nSPS) is 12.3. The fraction of sp³-hybridized carbons (Fsp3) is 0.333. The number of fused-ring (bicyclic) bond motifs is 1. The highest BCUT2D eigenvalue weighted by Crippen LogP contribution is 2.24. The van der Waals surface area contributed by atoms with E-state index in [1.165, 1.54) is 0 Å². The van der Waals surface area contributed by atoms with Crippen LogP contribution >= 0.6 is 11.6 Å². The molecule has 2 N–H and O–H groups in total. The average molecular weight is 293 g/mol. The molecule has 1 heterocycles. The predicted octanol–water partition coefficient (Wildman–Crippen LogP) is 2.78. The van der Waals surface area contributed by atoms with Crippen LogP contribution in [-0.4, -0.2) is 28.6 Å². The first-order valence-corrected chi connectivity index (χ1v) is 6.96. The molecule has 106 valence electrons. The number of hydrogen-bond donors (Lipinski definition) is 2. The molecular weight excluding hydrogens is 276 g/mol. The summed E-state index contributed by atoms with van der Waals surface area (Å²) in [5.41, 5.74) is 1.12. The predicted molar refractivity (Wildman–Crippen MR) is 80.0 cm³/mol. The average Bonchev–Trinajstić information content (AvgIpc) is 2.45. The summed E-state index contributed by atoms with van der Waals surface area (Å²) in [4.78, 5) is 16.5. The molecule has 1 aromatic carbocycles. The Morgan fingerprint density at radius 3 is 3.00 bits per heavy atom. The summed E-state index contributed by atoms with van der Waals surface area (Å²) in [6.07, 6.45) is 3.05. The van der Waals surface area contributed by atoms with Crippen molar-refractivity contribution < 1.29 is 9.90 Å². The lowest BCUT2D eigenvalue weighted by molar-refractivity contribution is 0.0938. The highest BCUT2D eigenvalue weighted by molar-refractivity contribution is 6.36. The van der Waals surface area contributed by atoms with Gasteiger partial charge in [0.05, 0.1) is 16.1 Å². The quantitative estimate of drug-likeness (QED) is 0.891. The third-order valence-corrected chi connectivity index (χ3v) is 3.46. The summed E-state index contributed by atoms with van der Waals surface area (Å²) < 4.78 is 0. The maximum absolute atomic E-state index is 12.3. The second-order valence-corrected chi connectivity index (χ2v) is 5.14. The summed E-state index contributed by atoms with van der Waals surface area (Å²) >= 11 is 6.11. The highest BCUT2D eigenvalue weighted by Gasteiger charge is 2.14. The SMILES string of the molecule is CC(CCCO)NC(=O)c1ccc(Cl)c2cccnc12. The second kappa shape index (κ2) is 6.68. The Morgan fingerprint density at radius 1 is 1.45 bits per heavy atom. The van der Waals surface area contributed by atoms with Crippen LogP contribution in [0, 0.1) is 0 Å². The van der Waals surface area contributed by atoms with E-state index in [-0.39, 0.29) is 18.6 Å². The van der Waals surface area contributed by atoms with Gasteiger partial charge in [-0.15, -0.1) is 0 Å². The summed E-state index contributed by atoms with van der Waals surface area (Å²) in [5, 5.41) is 13.1. The molecule has 2 aromatic rings. The first-order valence-electron chi connectivity index (χ1n) is 6.58. The minimum Gasteiger partial charge on any atom is -0.396 e. The number of hydrogen-bond acceptors (Lipinski definition) is 3. The van der Waals surface area contributed by atoms with Gasteiger partial charge in [0.2, 0.25) is 0 Å². The zero-order valence-electron chi connectivity index (χ0n) is 11.3. The molecule has 1 amide bonds. The number of aromatic nitrogens is 1. The van der Waals surface area contributed by atoms with Crippen LogP contribution in [-0.2, 0) is 0 Å². The fourth-order valence-corrected chi connectivity index (χ4v) is 2.31. The minimum atomic E-state index is -0.171. The summed E-state index contributed by atoms with van der Waals surface area (Å²) in [7, 11) is 0. The van der Waals surface area contributed by atoms with E-state index in [4.69, 9.17) is 16.7 Å². The van der Waals surface area contributed by atoms with Gasteiger partial charge in [0, 0.05) is 24.2 Å². The van der Waals surface area contributed by atoms with Crippen molar-refractivity contribution in [2.45, 2.75) is 25.8 Å². The molecule has 5 heteroatoms. The number of pyridine rings is 1. The van der Waals surface area contributed by atoms with Gasteiger partial charge in [0.1, 0.15) is 0 Å². The van der Waals surface area contributed by atoms with Crippen molar-refractivity contribution >= 4 is 28.4 Å². The van der Waals surface area contributed by atoms with Crippen LogP contribution in [0.2, 0.25) is 5.02 Å². The number of nitrogens with zero attached hydrogens (tertiary/aromatic N) is 1. The van der Waals surface area contributed by atoms with Crippen molar-refractivity contribution in [3.63, 3.8) is 0 Å². The summed E-state index contributed by atoms with van der Waals surface area (Å²) in [5.74, 6) is -0.171. The number of aliphatic hydroxyl groups excluding tert-OH is 1. The Hall–Kier alpha value is -1.65. The molecule has 0 aliphatic carbocycles. The zero-order valence-corrected chi connectivity index (χ0v) is 12.0. The van der Waals surface area contributed by atoms with E-state index in [9.17, 15) is 4.79 Å². The van der Waals surface area contributed by atoms with E-state index in [0.717, 1.165) is 11.8 Å². The molecule has 0 radical (unpaired) electrons. The number of benzene rings is 1. The fourth-order valence-electron chi connectivity index (χ4n) is 2.09. The number of aliphatic hydroxyl groups is 1. The Morgan fingerprint density at radius 2 is 2.25 bits per heavy atom. The van der Waals surface area contributed by atoms with Gasteiger partial charge in [-0.25, -0.2) is 0 Å². The van der Waals surface area contributed by atoms with E-state index >= 15 is 0 Å². The standard InChI is InChI=1S/C15H17ClN2O2/c1-10(4-3-9-19)18-15(20)12-6-7-13(16)11-5-2-8-17-14(11)12/h2,5-8,10,19H,3-4,9H2,1H3,(H,18,20). The second-order valence-electron chi connectivity index (χ2n) is 4.73. The molecule has 0 saturated carbocycles. The van der Waals surface area contributed by atoms with Gasteiger partial charge in [-0.1, -0.05) is 11.6 Å². The lowest BCUT2D eigenvalue weighted by Gasteiger charge is -2.14. The van der Waals surface area contributed by atoms with Crippen molar-refractivity contribution in [1.82, 2.24) is 10.3 Å². The van der Waals surface area contributed by atoms with Crippen molar-refractivity contribution in [3.8, 4) is 0 Å². The smallest absolute Gasteiger partial charge is 0.253 e. The monoisotopic (exact) mass is 292 g/mol. The first kappa shape index (κ1) is 14.8. The van der Waals surface area contributed by atoms with Gasteiger partial charge in [0.15, 0.2) is 0 Å². The molecular formula is C15H17ClN2O2. The van der Waals surface area contributed by atoms with Crippen molar-refractivity contribution in [1.29, 1.82) is 0 Å². The van der Waals surface area contributed by atoms with E-state index in [0.29, 0.717) is 22.5 Å². The van der Waals surface area contributed by atoms with Crippen molar-refractivity contribution in [2.75, 3.05) is 6.61 Å². The number of carbonyl (C=O) groups excluding carboxylic acids is 1. The van der Waals surface area contributed by atoms with Crippen LogP contribution in [0.4, 0.5) is 0 Å². The molecule has 1 aromatic heterocycles.